The highest BCUT2D eigenvalue weighted by Gasteiger charge is 2.03. The van der Waals surface area contributed by atoms with Crippen LogP contribution in [0.1, 0.15) is 11.3 Å². The number of rotatable bonds is 5. The third kappa shape index (κ3) is 3.12. The maximum atomic E-state index is 10.5. The van der Waals surface area contributed by atoms with Gasteiger partial charge in [0.15, 0.2) is 0 Å². The minimum Gasteiger partial charge on any atom is -0.347 e. The van der Waals surface area contributed by atoms with Gasteiger partial charge in [0.25, 0.3) is 5.69 Å². The van der Waals surface area contributed by atoms with Crippen molar-refractivity contribution in [3.8, 4) is 0 Å². The highest BCUT2D eigenvalue weighted by Crippen LogP contribution is 2.11. The molecule has 0 aliphatic carbocycles. The molecule has 0 atom stereocenters. The second-order valence-electron chi connectivity index (χ2n) is 3.60. The SMILES string of the molecule is O=[N+]([O-])c1ccc(CNCc2cnc[nH]2)cc1. The summed E-state index contributed by atoms with van der Waals surface area (Å²) >= 11 is 0. The van der Waals surface area contributed by atoms with Crippen LogP contribution in [0.5, 0.6) is 0 Å². The average Bonchev–Trinajstić information content (AvgIpc) is 2.83. The van der Waals surface area contributed by atoms with E-state index < -0.39 is 4.92 Å². The minimum absolute atomic E-state index is 0.113. The number of H-pyrrole nitrogens is 1. The van der Waals surface area contributed by atoms with Crippen molar-refractivity contribution in [1.82, 2.24) is 15.3 Å². The number of aromatic nitrogens is 2. The Hall–Kier alpha value is -2.21. The van der Waals surface area contributed by atoms with Gasteiger partial charge in [-0.25, -0.2) is 4.98 Å². The zero-order valence-electron chi connectivity index (χ0n) is 9.09. The minimum atomic E-state index is -0.401. The van der Waals surface area contributed by atoms with Crippen LogP contribution in [0.3, 0.4) is 0 Å². The largest absolute Gasteiger partial charge is 0.347 e. The molecule has 0 unspecified atom stereocenters. The van der Waals surface area contributed by atoms with Crippen LogP contribution in [0, 0.1) is 10.1 Å². The van der Waals surface area contributed by atoms with Crippen LogP contribution in [0.25, 0.3) is 0 Å². The summed E-state index contributed by atoms with van der Waals surface area (Å²) in [6.45, 7) is 1.36. The molecular weight excluding hydrogens is 220 g/mol. The lowest BCUT2D eigenvalue weighted by Gasteiger charge is -2.02. The first kappa shape index (κ1) is 11.3. The molecule has 2 aromatic rings. The van der Waals surface area contributed by atoms with E-state index >= 15 is 0 Å². The van der Waals surface area contributed by atoms with Crippen LogP contribution in [-0.2, 0) is 13.1 Å². The molecule has 2 N–H and O–H groups in total. The third-order valence-corrected chi connectivity index (χ3v) is 2.35. The lowest BCUT2D eigenvalue weighted by Crippen LogP contribution is -2.12. The molecule has 0 radical (unpaired) electrons. The van der Waals surface area contributed by atoms with Crippen molar-refractivity contribution >= 4 is 5.69 Å². The van der Waals surface area contributed by atoms with E-state index in [1.165, 1.54) is 12.1 Å². The van der Waals surface area contributed by atoms with E-state index in [-0.39, 0.29) is 5.69 Å². The summed E-state index contributed by atoms with van der Waals surface area (Å²) in [5.41, 5.74) is 2.13. The molecule has 0 saturated carbocycles. The molecule has 17 heavy (non-hydrogen) atoms. The van der Waals surface area contributed by atoms with Crippen LogP contribution in [-0.4, -0.2) is 14.9 Å². The van der Waals surface area contributed by atoms with Crippen molar-refractivity contribution in [3.05, 3.63) is 58.2 Å². The number of imidazole rings is 1. The van der Waals surface area contributed by atoms with Crippen molar-refractivity contribution in [2.45, 2.75) is 13.1 Å². The van der Waals surface area contributed by atoms with Gasteiger partial charge in [-0.05, 0) is 5.56 Å². The number of hydrogen-bond acceptors (Lipinski definition) is 4. The van der Waals surface area contributed by atoms with Gasteiger partial charge in [-0.2, -0.15) is 0 Å². The molecule has 1 heterocycles. The first-order valence-corrected chi connectivity index (χ1v) is 5.17. The van der Waals surface area contributed by atoms with Crippen molar-refractivity contribution in [1.29, 1.82) is 0 Å². The number of benzene rings is 1. The van der Waals surface area contributed by atoms with Gasteiger partial charge in [0.05, 0.1) is 11.3 Å². The van der Waals surface area contributed by atoms with Gasteiger partial charge in [-0.15, -0.1) is 0 Å². The standard InChI is InChI=1S/C11H12N4O2/c16-15(17)11-3-1-9(2-4-11)5-12-6-10-7-13-8-14-10/h1-4,7-8,12H,5-6H2,(H,13,14). The molecule has 6 heteroatoms. The number of nitro groups is 1. The molecule has 0 amide bonds. The van der Waals surface area contributed by atoms with Crippen molar-refractivity contribution in [3.63, 3.8) is 0 Å². The molecule has 1 aromatic heterocycles. The van der Waals surface area contributed by atoms with Gasteiger partial charge >= 0.3 is 0 Å². The maximum absolute atomic E-state index is 10.5. The van der Waals surface area contributed by atoms with E-state index in [2.05, 4.69) is 15.3 Å². The fraction of sp³-hybridized carbons (Fsp3) is 0.182. The number of non-ortho nitro benzene ring substituents is 1. The number of nitrogens with zero attached hydrogens (tertiary/aromatic N) is 2. The Morgan fingerprint density at radius 1 is 1.29 bits per heavy atom. The summed E-state index contributed by atoms with van der Waals surface area (Å²) in [6, 6.07) is 6.51. The van der Waals surface area contributed by atoms with E-state index in [4.69, 9.17) is 0 Å². The number of aromatic amines is 1. The van der Waals surface area contributed by atoms with Gasteiger partial charge in [-0.3, -0.25) is 10.1 Å². The fourth-order valence-corrected chi connectivity index (χ4v) is 1.46. The molecule has 88 valence electrons. The molecule has 0 spiro atoms. The first-order valence-electron chi connectivity index (χ1n) is 5.17. The van der Waals surface area contributed by atoms with E-state index in [0.717, 1.165) is 11.3 Å². The molecular formula is C11H12N4O2. The van der Waals surface area contributed by atoms with E-state index in [0.29, 0.717) is 13.1 Å². The van der Waals surface area contributed by atoms with Crippen LogP contribution >= 0.6 is 0 Å². The molecule has 0 aliphatic heterocycles. The lowest BCUT2D eigenvalue weighted by molar-refractivity contribution is -0.384. The number of hydrogen-bond donors (Lipinski definition) is 2. The second kappa shape index (κ2) is 5.22. The molecule has 2 rings (SSSR count). The zero-order chi connectivity index (χ0) is 12.1. The quantitative estimate of drug-likeness (QED) is 0.606. The van der Waals surface area contributed by atoms with E-state index in [9.17, 15) is 10.1 Å². The van der Waals surface area contributed by atoms with Gasteiger partial charge in [0, 0.05) is 37.1 Å². The molecule has 0 saturated heterocycles. The Bertz CT molecular complexity index is 479. The van der Waals surface area contributed by atoms with Gasteiger partial charge < -0.3 is 10.3 Å². The second-order valence-corrected chi connectivity index (χ2v) is 3.60. The van der Waals surface area contributed by atoms with Crippen LogP contribution in [0.4, 0.5) is 5.69 Å². The average molecular weight is 232 g/mol. The lowest BCUT2D eigenvalue weighted by atomic mass is 10.2. The summed E-state index contributed by atoms with van der Waals surface area (Å²) < 4.78 is 0. The third-order valence-electron chi connectivity index (χ3n) is 2.35. The summed E-state index contributed by atoms with van der Waals surface area (Å²) in [5.74, 6) is 0. The number of nitro benzene ring substituents is 1. The predicted molar refractivity (Wildman–Crippen MR) is 62.2 cm³/mol. The Morgan fingerprint density at radius 2 is 2.06 bits per heavy atom. The Labute approximate surface area is 97.9 Å². The van der Waals surface area contributed by atoms with Crippen molar-refractivity contribution < 1.29 is 4.92 Å². The highest BCUT2D eigenvalue weighted by molar-refractivity contribution is 5.32. The first-order chi connectivity index (χ1) is 8.25. The molecule has 0 bridgehead atoms. The van der Waals surface area contributed by atoms with Crippen LogP contribution in [0.15, 0.2) is 36.8 Å². The normalized spacial score (nSPS) is 10.4. The Balaban J connectivity index is 1.85. The topological polar surface area (TPSA) is 83.8 Å². The predicted octanol–water partition coefficient (Wildman–Crippen LogP) is 1.61. The van der Waals surface area contributed by atoms with E-state index in [1.54, 1.807) is 24.7 Å². The summed E-state index contributed by atoms with van der Waals surface area (Å²) in [5, 5.41) is 13.7. The zero-order valence-corrected chi connectivity index (χ0v) is 9.09. The smallest absolute Gasteiger partial charge is 0.269 e. The fourth-order valence-electron chi connectivity index (χ4n) is 1.46. The Kier molecular flexibility index (Phi) is 3.46. The molecule has 0 fully saturated rings. The monoisotopic (exact) mass is 232 g/mol. The highest BCUT2D eigenvalue weighted by atomic mass is 16.6. The molecule has 1 aromatic carbocycles. The number of nitrogens with one attached hydrogen (secondary N) is 2. The summed E-state index contributed by atoms with van der Waals surface area (Å²) in [6.07, 6.45) is 3.38. The summed E-state index contributed by atoms with van der Waals surface area (Å²) in [7, 11) is 0. The maximum Gasteiger partial charge on any atom is 0.269 e. The molecule has 0 aliphatic rings. The van der Waals surface area contributed by atoms with Gasteiger partial charge in [0.1, 0.15) is 0 Å². The van der Waals surface area contributed by atoms with Crippen molar-refractivity contribution in [2.24, 2.45) is 0 Å². The van der Waals surface area contributed by atoms with Gasteiger partial charge in [-0.1, -0.05) is 12.1 Å². The van der Waals surface area contributed by atoms with E-state index in [1.807, 2.05) is 0 Å². The Morgan fingerprint density at radius 3 is 2.65 bits per heavy atom. The van der Waals surface area contributed by atoms with Gasteiger partial charge in [0.2, 0.25) is 0 Å². The molecule has 6 nitrogen and oxygen atoms in total. The van der Waals surface area contributed by atoms with Crippen LogP contribution in [0.2, 0.25) is 0 Å². The summed E-state index contributed by atoms with van der Waals surface area (Å²) in [4.78, 5) is 17.0. The van der Waals surface area contributed by atoms with Crippen LogP contribution < -0.4 is 5.32 Å². The van der Waals surface area contributed by atoms with Crippen molar-refractivity contribution in [2.75, 3.05) is 0 Å².